The van der Waals surface area contributed by atoms with Gasteiger partial charge in [-0.05, 0) is 26.7 Å². The van der Waals surface area contributed by atoms with Gasteiger partial charge in [-0.1, -0.05) is 25.6 Å². The molecular formula is C12H25N3O2S2. The van der Waals surface area contributed by atoms with Crippen molar-refractivity contribution in [3.63, 3.8) is 0 Å². The Balaban J connectivity index is 2.64. The molecule has 1 fully saturated rings. The zero-order valence-corrected chi connectivity index (χ0v) is 14.0. The Bertz CT molecular complexity index is 440. The molecule has 1 aliphatic heterocycles. The van der Waals surface area contributed by atoms with Crippen molar-refractivity contribution in [2.45, 2.75) is 51.6 Å². The highest BCUT2D eigenvalue weighted by molar-refractivity contribution is 8.14. The Kier molecular flexibility index (Phi) is 5.31. The van der Waals surface area contributed by atoms with Crippen LogP contribution in [0.2, 0.25) is 0 Å². The maximum Gasteiger partial charge on any atom is 0.209 e. The second-order valence-corrected chi connectivity index (χ2v) is 8.49. The van der Waals surface area contributed by atoms with Crippen molar-refractivity contribution < 1.29 is 8.42 Å². The van der Waals surface area contributed by atoms with E-state index in [4.69, 9.17) is 0 Å². The molecule has 1 saturated heterocycles. The third kappa shape index (κ3) is 5.31. The molecule has 0 aliphatic carbocycles. The zero-order valence-electron chi connectivity index (χ0n) is 12.4. The molecule has 0 aromatic carbocycles. The molecule has 19 heavy (non-hydrogen) atoms. The van der Waals surface area contributed by atoms with Crippen molar-refractivity contribution >= 4 is 27.0 Å². The fourth-order valence-electron chi connectivity index (χ4n) is 2.03. The lowest BCUT2D eigenvalue weighted by Crippen LogP contribution is -2.46. The van der Waals surface area contributed by atoms with E-state index in [0.717, 1.165) is 23.8 Å². The third-order valence-corrected chi connectivity index (χ3v) is 5.42. The molecular weight excluding hydrogens is 282 g/mol. The first-order chi connectivity index (χ1) is 8.61. The molecule has 0 aromatic heterocycles. The Morgan fingerprint density at radius 2 is 2.00 bits per heavy atom. The van der Waals surface area contributed by atoms with E-state index in [1.165, 1.54) is 6.26 Å². The van der Waals surface area contributed by atoms with E-state index in [2.05, 4.69) is 28.9 Å². The van der Waals surface area contributed by atoms with Crippen molar-refractivity contribution in [1.82, 2.24) is 10.0 Å². The largest absolute Gasteiger partial charge is 0.359 e. The summed E-state index contributed by atoms with van der Waals surface area (Å²) in [5.74, 6) is 1.03. The fourth-order valence-corrected chi connectivity index (χ4v) is 4.43. The van der Waals surface area contributed by atoms with Crippen molar-refractivity contribution in [3.8, 4) is 0 Å². The van der Waals surface area contributed by atoms with Crippen molar-refractivity contribution in [2.24, 2.45) is 4.99 Å². The van der Waals surface area contributed by atoms with Gasteiger partial charge in [0.05, 0.1) is 12.8 Å². The summed E-state index contributed by atoms with van der Waals surface area (Å²) in [5, 5.41) is 4.40. The number of nitrogens with zero attached hydrogens (tertiary/aromatic N) is 1. The lowest BCUT2D eigenvalue weighted by atomic mass is 9.96. The average Bonchev–Trinajstić information content (AvgIpc) is 2.68. The molecule has 5 nitrogen and oxygen atoms in total. The van der Waals surface area contributed by atoms with Gasteiger partial charge in [0, 0.05) is 16.8 Å². The summed E-state index contributed by atoms with van der Waals surface area (Å²) in [6.07, 6.45) is 3.31. The Morgan fingerprint density at radius 1 is 1.42 bits per heavy atom. The maximum absolute atomic E-state index is 11.3. The van der Waals surface area contributed by atoms with Crippen LogP contribution in [0.3, 0.4) is 0 Å². The summed E-state index contributed by atoms with van der Waals surface area (Å²) in [5.41, 5.74) is -0.412. The minimum absolute atomic E-state index is 0.151. The van der Waals surface area contributed by atoms with E-state index in [-0.39, 0.29) is 5.54 Å². The summed E-state index contributed by atoms with van der Waals surface area (Å²) in [7, 11) is -3.21. The van der Waals surface area contributed by atoms with Crippen LogP contribution in [-0.4, -0.2) is 43.2 Å². The smallest absolute Gasteiger partial charge is 0.209 e. The quantitative estimate of drug-likeness (QED) is 0.781. The molecule has 1 aliphatic rings. The molecule has 0 aromatic rings. The zero-order chi connectivity index (χ0) is 14.7. The van der Waals surface area contributed by atoms with Gasteiger partial charge in [0.25, 0.3) is 0 Å². The number of thioether (sulfide) groups is 1. The first kappa shape index (κ1) is 16.8. The molecule has 0 unspecified atom stereocenters. The van der Waals surface area contributed by atoms with E-state index in [0.29, 0.717) is 6.54 Å². The molecule has 0 spiro atoms. The summed E-state index contributed by atoms with van der Waals surface area (Å²) >= 11 is 1.72. The summed E-state index contributed by atoms with van der Waals surface area (Å²) in [6.45, 7) is 8.46. The van der Waals surface area contributed by atoms with E-state index >= 15 is 0 Å². The monoisotopic (exact) mass is 307 g/mol. The van der Waals surface area contributed by atoms with Crippen LogP contribution < -0.4 is 10.0 Å². The van der Waals surface area contributed by atoms with Gasteiger partial charge in [-0.25, -0.2) is 13.1 Å². The molecule has 0 atom stereocenters. The van der Waals surface area contributed by atoms with Crippen LogP contribution in [0.4, 0.5) is 0 Å². The predicted molar refractivity (Wildman–Crippen MR) is 83.3 cm³/mol. The van der Waals surface area contributed by atoms with Crippen molar-refractivity contribution in [2.75, 3.05) is 18.6 Å². The number of rotatable bonds is 6. The van der Waals surface area contributed by atoms with Gasteiger partial charge in [0.2, 0.25) is 10.0 Å². The highest BCUT2D eigenvalue weighted by atomic mass is 32.2. The van der Waals surface area contributed by atoms with Crippen LogP contribution in [0.1, 0.15) is 40.5 Å². The fraction of sp³-hybridized carbons (Fsp3) is 0.917. The molecule has 0 radical (unpaired) electrons. The van der Waals surface area contributed by atoms with Gasteiger partial charge >= 0.3 is 0 Å². The number of hydrogen-bond donors (Lipinski definition) is 2. The van der Waals surface area contributed by atoms with Crippen LogP contribution in [0.5, 0.6) is 0 Å². The second-order valence-electron chi connectivity index (χ2n) is 5.78. The lowest BCUT2D eigenvalue weighted by Gasteiger charge is -2.26. The number of nitrogens with one attached hydrogen (secondary N) is 2. The third-order valence-electron chi connectivity index (χ3n) is 3.29. The van der Waals surface area contributed by atoms with Crippen LogP contribution in [0.15, 0.2) is 4.99 Å². The number of hydrogen-bond acceptors (Lipinski definition) is 4. The second kappa shape index (κ2) is 6.01. The van der Waals surface area contributed by atoms with E-state index in [1.54, 1.807) is 11.8 Å². The molecule has 0 saturated carbocycles. The van der Waals surface area contributed by atoms with Gasteiger partial charge in [0.1, 0.15) is 0 Å². The van der Waals surface area contributed by atoms with Gasteiger partial charge in [-0.2, -0.15) is 0 Å². The minimum Gasteiger partial charge on any atom is -0.359 e. The maximum atomic E-state index is 11.3. The van der Waals surface area contributed by atoms with Gasteiger partial charge in [0.15, 0.2) is 5.17 Å². The van der Waals surface area contributed by atoms with E-state index < -0.39 is 15.6 Å². The molecule has 1 rings (SSSR count). The number of aliphatic imine (C=N–C) groups is 1. The summed E-state index contributed by atoms with van der Waals surface area (Å²) in [6, 6.07) is 0. The standard InChI is InChI=1S/C12H25N3O2S2/c1-6-12(7-2)9-18-10(14-12)13-8-11(3,4)15-19(5,16)17/h15H,6-9H2,1-5H3,(H,13,14). The first-order valence-corrected chi connectivity index (χ1v) is 9.43. The summed E-state index contributed by atoms with van der Waals surface area (Å²) < 4.78 is 25.1. The Labute approximate surface area is 121 Å². The van der Waals surface area contributed by atoms with Crippen LogP contribution in [0.25, 0.3) is 0 Å². The molecule has 112 valence electrons. The molecule has 0 bridgehead atoms. The van der Waals surface area contributed by atoms with Crippen LogP contribution in [-0.2, 0) is 10.0 Å². The normalized spacial score (nSPS) is 21.6. The minimum atomic E-state index is -3.21. The van der Waals surface area contributed by atoms with Crippen LogP contribution >= 0.6 is 11.8 Å². The van der Waals surface area contributed by atoms with Crippen molar-refractivity contribution in [1.29, 1.82) is 0 Å². The topological polar surface area (TPSA) is 70.6 Å². The number of sulfonamides is 1. The first-order valence-electron chi connectivity index (χ1n) is 6.56. The molecule has 2 N–H and O–H groups in total. The average molecular weight is 307 g/mol. The van der Waals surface area contributed by atoms with Crippen molar-refractivity contribution in [3.05, 3.63) is 0 Å². The van der Waals surface area contributed by atoms with E-state index in [1.807, 2.05) is 13.8 Å². The van der Waals surface area contributed by atoms with Gasteiger partial charge in [-0.3, -0.25) is 4.99 Å². The van der Waals surface area contributed by atoms with E-state index in [9.17, 15) is 8.42 Å². The Hall–Kier alpha value is -0.270. The SMILES string of the molecule is CCC1(CC)CSC(=NCC(C)(C)NS(C)(=O)=O)N1. The molecule has 7 heteroatoms. The lowest BCUT2D eigenvalue weighted by molar-refractivity contribution is 0.406. The molecule has 1 heterocycles. The van der Waals surface area contributed by atoms with Gasteiger partial charge in [-0.15, -0.1) is 0 Å². The predicted octanol–water partition coefficient (Wildman–Crippen LogP) is 1.57. The van der Waals surface area contributed by atoms with Gasteiger partial charge < -0.3 is 5.32 Å². The molecule has 0 amide bonds. The number of amidine groups is 1. The highest BCUT2D eigenvalue weighted by Crippen LogP contribution is 2.29. The summed E-state index contributed by atoms with van der Waals surface area (Å²) in [4.78, 5) is 4.51. The Morgan fingerprint density at radius 3 is 2.42 bits per heavy atom. The highest BCUT2D eigenvalue weighted by Gasteiger charge is 2.34. The van der Waals surface area contributed by atoms with Crippen LogP contribution in [0, 0.1) is 0 Å².